The van der Waals surface area contributed by atoms with Crippen molar-refractivity contribution in [1.82, 2.24) is 0 Å². The third-order valence-corrected chi connectivity index (χ3v) is 4.20. The minimum Gasteiger partial charge on any atom is -0.507 e. The van der Waals surface area contributed by atoms with Gasteiger partial charge in [-0.05, 0) is 27.5 Å². The molecule has 0 saturated heterocycles. The third kappa shape index (κ3) is 2.85. The predicted molar refractivity (Wildman–Crippen MR) is 93.6 cm³/mol. The maximum absolute atomic E-state index is 10.5. The van der Waals surface area contributed by atoms with E-state index in [2.05, 4.69) is 51.1 Å². The van der Waals surface area contributed by atoms with E-state index in [9.17, 15) is 5.11 Å². The summed E-state index contributed by atoms with van der Waals surface area (Å²) in [7, 11) is 0. The van der Waals surface area contributed by atoms with Crippen LogP contribution in [0.25, 0.3) is 10.8 Å². The van der Waals surface area contributed by atoms with E-state index in [0.717, 1.165) is 22.8 Å². The second-order valence-corrected chi connectivity index (χ2v) is 6.92. The van der Waals surface area contributed by atoms with Gasteiger partial charge < -0.3 is 5.11 Å². The third-order valence-electron chi connectivity index (χ3n) is 4.20. The van der Waals surface area contributed by atoms with Gasteiger partial charge in [0.05, 0.1) is 0 Å². The van der Waals surface area contributed by atoms with Gasteiger partial charge in [0.25, 0.3) is 0 Å². The van der Waals surface area contributed by atoms with Crippen LogP contribution in [0.1, 0.15) is 37.5 Å². The summed E-state index contributed by atoms with van der Waals surface area (Å²) in [5.41, 5.74) is 3.70. The van der Waals surface area contributed by atoms with Gasteiger partial charge in [0.15, 0.2) is 0 Å². The van der Waals surface area contributed by atoms with Crippen molar-refractivity contribution in [1.29, 1.82) is 0 Å². The molecule has 1 N–H and O–H groups in total. The molecule has 0 spiro atoms. The lowest BCUT2D eigenvalue weighted by molar-refractivity contribution is 0.476. The standard InChI is InChI=1S/C21H22O/c1-21(2,3)18-12-8-15(9-13-18)14-17-11-10-16-6-4-5-7-19(16)20(17)22/h4-13,22H,14H2,1-3H3. The largest absolute Gasteiger partial charge is 0.507 e. The first kappa shape index (κ1) is 14.6. The molecule has 3 aromatic rings. The quantitative estimate of drug-likeness (QED) is 0.667. The fraction of sp³-hybridized carbons (Fsp3) is 0.238. The normalized spacial score (nSPS) is 11.8. The Bertz CT molecular complexity index is 792. The molecular weight excluding hydrogens is 268 g/mol. The second kappa shape index (κ2) is 5.49. The summed E-state index contributed by atoms with van der Waals surface area (Å²) in [6, 6.07) is 20.7. The molecule has 0 bridgehead atoms. The molecule has 0 amide bonds. The van der Waals surface area contributed by atoms with Crippen LogP contribution in [0.5, 0.6) is 5.75 Å². The van der Waals surface area contributed by atoms with Crippen molar-refractivity contribution in [3.63, 3.8) is 0 Å². The van der Waals surface area contributed by atoms with Crippen molar-refractivity contribution in [2.24, 2.45) is 0 Å². The molecule has 0 aliphatic carbocycles. The molecule has 0 aromatic heterocycles. The number of fused-ring (bicyclic) bond motifs is 1. The lowest BCUT2D eigenvalue weighted by Crippen LogP contribution is -2.10. The minimum atomic E-state index is 0.170. The number of hydrogen-bond donors (Lipinski definition) is 1. The van der Waals surface area contributed by atoms with Crippen LogP contribution >= 0.6 is 0 Å². The van der Waals surface area contributed by atoms with Crippen LogP contribution in [0.4, 0.5) is 0 Å². The van der Waals surface area contributed by atoms with Gasteiger partial charge in [-0.3, -0.25) is 0 Å². The number of phenols is 1. The topological polar surface area (TPSA) is 20.2 Å². The number of benzene rings is 3. The monoisotopic (exact) mass is 290 g/mol. The second-order valence-electron chi connectivity index (χ2n) is 6.92. The van der Waals surface area contributed by atoms with Crippen LogP contribution in [0.15, 0.2) is 60.7 Å². The first-order valence-corrected chi connectivity index (χ1v) is 7.74. The molecule has 1 nitrogen and oxygen atoms in total. The SMILES string of the molecule is CC(C)(C)c1ccc(Cc2ccc3ccccc3c2O)cc1. The van der Waals surface area contributed by atoms with E-state index in [1.165, 1.54) is 11.1 Å². The lowest BCUT2D eigenvalue weighted by Gasteiger charge is -2.19. The van der Waals surface area contributed by atoms with Crippen LogP contribution < -0.4 is 0 Å². The van der Waals surface area contributed by atoms with Gasteiger partial charge in [0.1, 0.15) is 5.75 Å². The minimum absolute atomic E-state index is 0.170. The van der Waals surface area contributed by atoms with Gasteiger partial charge in [0.2, 0.25) is 0 Å². The highest BCUT2D eigenvalue weighted by atomic mass is 16.3. The zero-order valence-electron chi connectivity index (χ0n) is 13.4. The van der Waals surface area contributed by atoms with E-state index >= 15 is 0 Å². The van der Waals surface area contributed by atoms with E-state index in [4.69, 9.17) is 0 Å². The molecule has 0 aliphatic rings. The predicted octanol–water partition coefficient (Wildman–Crippen LogP) is 5.43. The number of rotatable bonds is 2. The molecule has 3 rings (SSSR count). The highest BCUT2D eigenvalue weighted by Gasteiger charge is 2.13. The molecule has 112 valence electrons. The Morgan fingerprint density at radius 2 is 1.50 bits per heavy atom. The Morgan fingerprint density at radius 1 is 0.818 bits per heavy atom. The number of hydrogen-bond acceptors (Lipinski definition) is 1. The molecular formula is C21H22O. The molecule has 0 saturated carbocycles. The van der Waals surface area contributed by atoms with E-state index in [-0.39, 0.29) is 5.41 Å². The molecule has 3 aromatic carbocycles. The first-order chi connectivity index (χ1) is 10.4. The molecule has 0 unspecified atom stereocenters. The maximum atomic E-state index is 10.5. The average molecular weight is 290 g/mol. The van der Waals surface area contributed by atoms with Crippen LogP contribution in [-0.2, 0) is 11.8 Å². The molecule has 22 heavy (non-hydrogen) atoms. The Labute approximate surface area is 132 Å². The fourth-order valence-electron chi connectivity index (χ4n) is 2.79. The van der Waals surface area contributed by atoms with Gasteiger partial charge in [-0.1, -0.05) is 81.4 Å². The Morgan fingerprint density at radius 3 is 2.18 bits per heavy atom. The van der Waals surface area contributed by atoms with E-state index in [0.29, 0.717) is 5.75 Å². The summed E-state index contributed by atoms with van der Waals surface area (Å²) < 4.78 is 0. The Hall–Kier alpha value is -2.28. The Balaban J connectivity index is 1.92. The zero-order valence-corrected chi connectivity index (χ0v) is 13.4. The molecule has 0 radical (unpaired) electrons. The molecule has 0 aliphatic heterocycles. The van der Waals surface area contributed by atoms with Crippen molar-refractivity contribution >= 4 is 10.8 Å². The summed E-state index contributed by atoms with van der Waals surface area (Å²) in [6.45, 7) is 6.66. The first-order valence-electron chi connectivity index (χ1n) is 7.74. The summed E-state index contributed by atoms with van der Waals surface area (Å²) in [4.78, 5) is 0. The van der Waals surface area contributed by atoms with Gasteiger partial charge in [-0.2, -0.15) is 0 Å². The smallest absolute Gasteiger partial charge is 0.126 e. The van der Waals surface area contributed by atoms with E-state index in [1.807, 2.05) is 30.3 Å². The highest BCUT2D eigenvalue weighted by Crippen LogP contribution is 2.30. The summed E-state index contributed by atoms with van der Waals surface area (Å²) in [5, 5.41) is 12.5. The summed E-state index contributed by atoms with van der Waals surface area (Å²) >= 11 is 0. The van der Waals surface area contributed by atoms with Crippen LogP contribution in [-0.4, -0.2) is 5.11 Å². The lowest BCUT2D eigenvalue weighted by atomic mass is 9.86. The fourth-order valence-corrected chi connectivity index (χ4v) is 2.79. The number of phenolic OH excluding ortho intramolecular Hbond substituents is 1. The zero-order chi connectivity index (χ0) is 15.7. The average Bonchev–Trinajstić information content (AvgIpc) is 2.50. The highest BCUT2D eigenvalue weighted by molar-refractivity contribution is 5.89. The van der Waals surface area contributed by atoms with E-state index in [1.54, 1.807) is 0 Å². The summed E-state index contributed by atoms with van der Waals surface area (Å²) in [5.74, 6) is 0.401. The van der Waals surface area contributed by atoms with Gasteiger partial charge in [0, 0.05) is 11.8 Å². The van der Waals surface area contributed by atoms with Crippen LogP contribution in [0.2, 0.25) is 0 Å². The van der Waals surface area contributed by atoms with Crippen molar-refractivity contribution in [2.45, 2.75) is 32.6 Å². The molecule has 1 heteroatoms. The van der Waals surface area contributed by atoms with Crippen molar-refractivity contribution in [3.8, 4) is 5.75 Å². The summed E-state index contributed by atoms with van der Waals surface area (Å²) in [6.07, 6.45) is 0.751. The van der Waals surface area contributed by atoms with Crippen LogP contribution in [0.3, 0.4) is 0 Å². The molecule has 0 atom stereocenters. The Kier molecular flexibility index (Phi) is 3.66. The van der Waals surface area contributed by atoms with Crippen LogP contribution in [0, 0.1) is 0 Å². The van der Waals surface area contributed by atoms with Crippen molar-refractivity contribution in [3.05, 3.63) is 77.4 Å². The van der Waals surface area contributed by atoms with Crippen molar-refractivity contribution in [2.75, 3.05) is 0 Å². The number of aromatic hydroxyl groups is 1. The van der Waals surface area contributed by atoms with Crippen molar-refractivity contribution < 1.29 is 5.11 Å². The van der Waals surface area contributed by atoms with Gasteiger partial charge in [-0.15, -0.1) is 0 Å². The molecule has 0 fully saturated rings. The van der Waals surface area contributed by atoms with Gasteiger partial charge in [-0.25, -0.2) is 0 Å². The maximum Gasteiger partial charge on any atom is 0.126 e. The van der Waals surface area contributed by atoms with E-state index < -0.39 is 0 Å². The molecule has 0 heterocycles. The van der Waals surface area contributed by atoms with Gasteiger partial charge >= 0.3 is 0 Å².